The van der Waals surface area contributed by atoms with Gasteiger partial charge in [-0.25, -0.2) is 4.57 Å². The minimum absolute atomic E-state index is 0. The zero-order chi connectivity index (χ0) is 10.2. The molecule has 1 nitrogen and oxygen atoms in total. The van der Waals surface area contributed by atoms with Crippen LogP contribution >= 0.6 is 0 Å². The summed E-state index contributed by atoms with van der Waals surface area (Å²) in [6, 6.07) is 4.49. The number of halogens is 1. The average Bonchev–Trinajstić information content (AvgIpc) is 2.21. The van der Waals surface area contributed by atoms with Gasteiger partial charge in [0.25, 0.3) is 0 Å². The van der Waals surface area contributed by atoms with Crippen molar-refractivity contribution in [2.24, 2.45) is 0 Å². The first kappa shape index (κ1) is 14.4. The van der Waals surface area contributed by atoms with E-state index in [2.05, 4.69) is 42.9 Å². The minimum atomic E-state index is 0. The van der Waals surface area contributed by atoms with Gasteiger partial charge >= 0.3 is 0 Å². The van der Waals surface area contributed by atoms with Gasteiger partial charge in [-0.1, -0.05) is 26.7 Å². The molecule has 0 radical (unpaired) electrons. The maximum Gasteiger partial charge on any atom is 0.169 e. The summed E-state index contributed by atoms with van der Waals surface area (Å²) in [5.74, 6) is 0. The van der Waals surface area contributed by atoms with Gasteiger partial charge in [-0.3, -0.25) is 0 Å². The first-order valence-corrected chi connectivity index (χ1v) is 5.84. The topological polar surface area (TPSA) is 3.88 Å². The maximum atomic E-state index is 2.29. The molecule has 0 N–H and O–H groups in total. The molecule has 0 bridgehead atoms. The molecule has 0 saturated heterocycles. The molecule has 0 aromatic carbocycles. The van der Waals surface area contributed by atoms with Crippen LogP contribution in [-0.4, -0.2) is 0 Å². The molecule has 1 heterocycles. The Bertz CT molecular complexity index is 243. The number of rotatable bonds is 6. The molecule has 0 fully saturated rings. The normalized spacial score (nSPS) is 9.73. The number of hydrogen-bond donors (Lipinski definition) is 0. The van der Waals surface area contributed by atoms with Gasteiger partial charge < -0.3 is 12.4 Å². The molecule has 2 heteroatoms. The summed E-state index contributed by atoms with van der Waals surface area (Å²) in [4.78, 5) is 0. The summed E-state index contributed by atoms with van der Waals surface area (Å²) >= 11 is 0. The SMILES string of the molecule is CCCCC[n+]1ccc(CCC)cc1.[Cl-]. The van der Waals surface area contributed by atoms with Crippen LogP contribution in [0.2, 0.25) is 0 Å². The van der Waals surface area contributed by atoms with Crippen molar-refractivity contribution in [3.63, 3.8) is 0 Å². The quantitative estimate of drug-likeness (QED) is 0.480. The van der Waals surface area contributed by atoms with Gasteiger partial charge in [-0.2, -0.15) is 0 Å². The third-order valence-electron chi connectivity index (χ3n) is 2.52. The van der Waals surface area contributed by atoms with Gasteiger partial charge in [-0.05, 0) is 18.4 Å². The van der Waals surface area contributed by atoms with Crippen molar-refractivity contribution in [1.29, 1.82) is 0 Å². The van der Waals surface area contributed by atoms with Gasteiger partial charge in [0.15, 0.2) is 12.4 Å². The zero-order valence-corrected chi connectivity index (χ0v) is 10.6. The van der Waals surface area contributed by atoms with Crippen molar-refractivity contribution in [3.05, 3.63) is 30.1 Å². The number of nitrogens with zero attached hydrogens (tertiary/aromatic N) is 1. The van der Waals surface area contributed by atoms with Crippen molar-refractivity contribution in [3.8, 4) is 0 Å². The Hall–Kier alpha value is -0.560. The summed E-state index contributed by atoms with van der Waals surface area (Å²) in [5, 5.41) is 0. The lowest BCUT2D eigenvalue weighted by molar-refractivity contribution is -0.697. The summed E-state index contributed by atoms with van der Waals surface area (Å²) < 4.78 is 2.29. The van der Waals surface area contributed by atoms with E-state index in [9.17, 15) is 0 Å². The van der Waals surface area contributed by atoms with Crippen LogP contribution in [0.3, 0.4) is 0 Å². The van der Waals surface area contributed by atoms with Crippen LogP contribution in [-0.2, 0) is 13.0 Å². The first-order valence-electron chi connectivity index (χ1n) is 5.84. The molecule has 0 aliphatic carbocycles. The third-order valence-corrected chi connectivity index (χ3v) is 2.52. The number of unbranched alkanes of at least 4 members (excludes halogenated alkanes) is 2. The van der Waals surface area contributed by atoms with Crippen LogP contribution in [0.5, 0.6) is 0 Å². The van der Waals surface area contributed by atoms with Crippen LogP contribution in [0.25, 0.3) is 0 Å². The fraction of sp³-hybridized carbons (Fsp3) is 0.615. The van der Waals surface area contributed by atoms with Gasteiger partial charge in [0.05, 0.1) is 0 Å². The Morgan fingerprint density at radius 1 is 1.00 bits per heavy atom. The smallest absolute Gasteiger partial charge is 0.169 e. The van der Waals surface area contributed by atoms with Gasteiger partial charge in [0, 0.05) is 18.6 Å². The van der Waals surface area contributed by atoms with E-state index in [1.807, 2.05) is 0 Å². The maximum absolute atomic E-state index is 2.29. The molecule has 1 rings (SSSR count). The first-order chi connectivity index (χ1) is 6.86. The molecule has 0 unspecified atom stereocenters. The van der Waals surface area contributed by atoms with Crippen molar-refractivity contribution in [1.82, 2.24) is 0 Å². The summed E-state index contributed by atoms with van der Waals surface area (Å²) in [6.07, 6.45) is 10.8. The highest BCUT2D eigenvalue weighted by molar-refractivity contribution is 5.06. The standard InChI is InChI=1S/C13H22N.ClH/c1-3-5-6-10-14-11-8-13(7-4-2)9-12-14;/h8-9,11-12H,3-7,10H2,1-2H3;1H/q+1;/p-1. The molecule has 15 heavy (non-hydrogen) atoms. The van der Waals surface area contributed by atoms with Crippen molar-refractivity contribution in [2.75, 3.05) is 0 Å². The van der Waals surface area contributed by atoms with Gasteiger partial charge in [0.2, 0.25) is 0 Å². The molecule has 0 aliphatic rings. The fourth-order valence-corrected chi connectivity index (χ4v) is 1.64. The van der Waals surface area contributed by atoms with Gasteiger partial charge in [0.1, 0.15) is 6.54 Å². The molecule has 0 aliphatic heterocycles. The van der Waals surface area contributed by atoms with Crippen molar-refractivity contribution >= 4 is 0 Å². The second kappa shape index (κ2) is 8.72. The van der Waals surface area contributed by atoms with E-state index < -0.39 is 0 Å². The van der Waals surface area contributed by atoms with Crippen LogP contribution in [0.1, 0.15) is 45.1 Å². The Morgan fingerprint density at radius 2 is 1.67 bits per heavy atom. The second-order valence-corrected chi connectivity index (χ2v) is 3.90. The van der Waals surface area contributed by atoms with E-state index in [1.165, 1.54) is 44.2 Å². The molecule has 0 atom stereocenters. The molecule has 0 spiro atoms. The van der Waals surface area contributed by atoms with E-state index in [1.54, 1.807) is 0 Å². The Labute approximate surface area is 99.9 Å². The predicted octanol–water partition coefficient (Wildman–Crippen LogP) is 0.121. The molecule has 0 amide bonds. The van der Waals surface area contributed by atoms with Crippen LogP contribution < -0.4 is 17.0 Å². The zero-order valence-electron chi connectivity index (χ0n) is 9.88. The minimum Gasteiger partial charge on any atom is -1.00 e. The van der Waals surface area contributed by atoms with Crippen LogP contribution in [0.4, 0.5) is 0 Å². The van der Waals surface area contributed by atoms with E-state index in [0.29, 0.717) is 0 Å². The van der Waals surface area contributed by atoms with E-state index >= 15 is 0 Å². The third kappa shape index (κ3) is 5.78. The molecular formula is C13H22ClN. The second-order valence-electron chi connectivity index (χ2n) is 3.90. The van der Waals surface area contributed by atoms with Crippen molar-refractivity contribution in [2.45, 2.75) is 52.5 Å². The van der Waals surface area contributed by atoms with E-state index in [0.717, 1.165) is 0 Å². The lowest BCUT2D eigenvalue weighted by Crippen LogP contribution is -3.00. The predicted molar refractivity (Wildman–Crippen MR) is 60.2 cm³/mol. The highest BCUT2D eigenvalue weighted by Gasteiger charge is 1.99. The van der Waals surface area contributed by atoms with Crippen molar-refractivity contribution < 1.29 is 17.0 Å². The number of hydrogen-bond acceptors (Lipinski definition) is 0. The molecule has 1 aromatic rings. The number of aryl methyl sites for hydroxylation is 2. The lowest BCUT2D eigenvalue weighted by Gasteiger charge is -1.98. The van der Waals surface area contributed by atoms with Gasteiger partial charge in [-0.15, -0.1) is 0 Å². The largest absolute Gasteiger partial charge is 1.00 e. The monoisotopic (exact) mass is 227 g/mol. The highest BCUT2D eigenvalue weighted by Crippen LogP contribution is 1.99. The van der Waals surface area contributed by atoms with Crippen LogP contribution in [0.15, 0.2) is 24.5 Å². The molecule has 86 valence electrons. The Balaban J connectivity index is 0.00000196. The molecular weight excluding hydrogens is 206 g/mol. The van der Waals surface area contributed by atoms with E-state index in [4.69, 9.17) is 0 Å². The molecule has 0 saturated carbocycles. The molecule has 1 aromatic heterocycles. The number of aromatic nitrogens is 1. The lowest BCUT2D eigenvalue weighted by atomic mass is 10.1. The number of pyridine rings is 1. The summed E-state index contributed by atoms with van der Waals surface area (Å²) in [6.45, 7) is 5.64. The average molecular weight is 228 g/mol. The van der Waals surface area contributed by atoms with E-state index in [-0.39, 0.29) is 12.4 Å². The fourth-order valence-electron chi connectivity index (χ4n) is 1.64. The van der Waals surface area contributed by atoms with Crippen LogP contribution in [0, 0.1) is 0 Å². The summed E-state index contributed by atoms with van der Waals surface area (Å²) in [7, 11) is 0. The Morgan fingerprint density at radius 3 is 2.20 bits per heavy atom. The highest BCUT2D eigenvalue weighted by atomic mass is 35.5. The Kier molecular flexibility index (Phi) is 8.40. The summed E-state index contributed by atoms with van der Waals surface area (Å²) in [5.41, 5.74) is 1.46.